The van der Waals surface area contributed by atoms with Crippen LogP contribution in [0.4, 0.5) is 5.69 Å². The molecule has 0 saturated carbocycles. The molecule has 0 aliphatic rings. The van der Waals surface area contributed by atoms with Crippen LogP contribution in [0.5, 0.6) is 0 Å². The number of nitrogens with zero attached hydrogens (tertiary/aromatic N) is 2. The molecule has 0 aliphatic carbocycles. The minimum absolute atomic E-state index is 1.00. The number of anilines is 1. The summed E-state index contributed by atoms with van der Waals surface area (Å²) in [6, 6.07) is 4.07. The average molecular weight is 229 g/mol. The first kappa shape index (κ1) is 9.52. The van der Waals surface area contributed by atoms with E-state index in [-0.39, 0.29) is 0 Å². The van der Waals surface area contributed by atoms with Gasteiger partial charge >= 0.3 is 0 Å². The molecule has 66 valence electrons. The zero-order valence-corrected chi connectivity index (χ0v) is 8.79. The molecule has 0 bridgehead atoms. The van der Waals surface area contributed by atoms with E-state index in [4.69, 9.17) is 0 Å². The Bertz CT molecular complexity index is 213. The van der Waals surface area contributed by atoms with Crippen LogP contribution in [0.3, 0.4) is 0 Å². The van der Waals surface area contributed by atoms with Crippen molar-refractivity contribution >= 4 is 21.6 Å². The molecule has 0 saturated heterocycles. The van der Waals surface area contributed by atoms with Gasteiger partial charge in [0.1, 0.15) is 0 Å². The molecular weight excluding hydrogens is 216 g/mol. The Hall–Kier alpha value is -0.570. The molecule has 0 spiro atoms. The van der Waals surface area contributed by atoms with Gasteiger partial charge in [0.15, 0.2) is 0 Å². The number of pyridine rings is 1. The SMILES string of the molecule is CCN(CCBr)c1ccncc1. The molecule has 0 unspecified atom stereocenters. The van der Waals surface area contributed by atoms with Gasteiger partial charge in [-0.15, -0.1) is 0 Å². The number of aromatic nitrogens is 1. The Morgan fingerprint density at radius 1 is 1.42 bits per heavy atom. The van der Waals surface area contributed by atoms with Gasteiger partial charge in [0.25, 0.3) is 0 Å². The number of hydrogen-bond acceptors (Lipinski definition) is 2. The van der Waals surface area contributed by atoms with E-state index in [1.54, 1.807) is 0 Å². The van der Waals surface area contributed by atoms with Crippen LogP contribution < -0.4 is 4.90 Å². The Morgan fingerprint density at radius 3 is 2.58 bits per heavy atom. The van der Waals surface area contributed by atoms with Crippen LogP contribution in [-0.4, -0.2) is 23.4 Å². The largest absolute Gasteiger partial charge is 0.371 e. The quantitative estimate of drug-likeness (QED) is 0.736. The normalized spacial score (nSPS) is 9.83. The summed E-state index contributed by atoms with van der Waals surface area (Å²) in [6.45, 7) is 4.24. The smallest absolute Gasteiger partial charge is 0.0397 e. The molecule has 2 nitrogen and oxygen atoms in total. The van der Waals surface area contributed by atoms with Crippen molar-refractivity contribution in [2.24, 2.45) is 0 Å². The van der Waals surface area contributed by atoms with Crippen molar-refractivity contribution < 1.29 is 0 Å². The summed E-state index contributed by atoms with van der Waals surface area (Å²) in [5, 5.41) is 1.00. The Balaban J connectivity index is 2.66. The second-order valence-electron chi connectivity index (χ2n) is 2.47. The fourth-order valence-electron chi connectivity index (χ4n) is 1.13. The van der Waals surface area contributed by atoms with Gasteiger partial charge in [-0.3, -0.25) is 4.98 Å². The topological polar surface area (TPSA) is 16.1 Å². The molecule has 0 N–H and O–H groups in total. The summed E-state index contributed by atoms with van der Waals surface area (Å²) in [6.07, 6.45) is 3.65. The number of halogens is 1. The maximum Gasteiger partial charge on any atom is 0.0397 e. The molecule has 0 radical (unpaired) electrons. The fourth-order valence-corrected chi connectivity index (χ4v) is 1.55. The fraction of sp³-hybridized carbons (Fsp3) is 0.444. The predicted octanol–water partition coefficient (Wildman–Crippen LogP) is 2.30. The molecule has 0 atom stereocenters. The van der Waals surface area contributed by atoms with Crippen molar-refractivity contribution in [2.75, 3.05) is 23.3 Å². The zero-order chi connectivity index (χ0) is 8.81. The molecule has 1 rings (SSSR count). The molecule has 1 aromatic rings. The van der Waals surface area contributed by atoms with Gasteiger partial charge in [-0.1, -0.05) is 15.9 Å². The molecule has 0 amide bonds. The minimum Gasteiger partial charge on any atom is -0.371 e. The lowest BCUT2D eigenvalue weighted by Gasteiger charge is -2.21. The minimum atomic E-state index is 1.00. The standard InChI is InChI=1S/C9H13BrN2/c1-2-12(8-5-10)9-3-6-11-7-4-9/h3-4,6-7H,2,5,8H2,1H3. The van der Waals surface area contributed by atoms with E-state index < -0.39 is 0 Å². The van der Waals surface area contributed by atoms with Gasteiger partial charge in [0.2, 0.25) is 0 Å². The highest BCUT2D eigenvalue weighted by atomic mass is 79.9. The molecular formula is C9H13BrN2. The summed E-state index contributed by atoms with van der Waals surface area (Å²) >= 11 is 3.43. The summed E-state index contributed by atoms with van der Waals surface area (Å²) in [5.74, 6) is 0. The zero-order valence-electron chi connectivity index (χ0n) is 7.20. The van der Waals surface area contributed by atoms with Crippen molar-refractivity contribution in [3.8, 4) is 0 Å². The van der Waals surface area contributed by atoms with Crippen molar-refractivity contribution in [1.29, 1.82) is 0 Å². The second-order valence-corrected chi connectivity index (χ2v) is 3.27. The van der Waals surface area contributed by atoms with Gasteiger partial charge in [0.05, 0.1) is 0 Å². The van der Waals surface area contributed by atoms with Crippen molar-refractivity contribution in [3.05, 3.63) is 24.5 Å². The maximum absolute atomic E-state index is 3.98. The van der Waals surface area contributed by atoms with Crippen molar-refractivity contribution in [3.63, 3.8) is 0 Å². The van der Waals surface area contributed by atoms with Crippen LogP contribution in [0.2, 0.25) is 0 Å². The molecule has 3 heteroatoms. The van der Waals surface area contributed by atoms with E-state index in [0.29, 0.717) is 0 Å². The van der Waals surface area contributed by atoms with E-state index in [1.807, 2.05) is 24.5 Å². The molecule has 1 aromatic heterocycles. The van der Waals surface area contributed by atoms with Crippen molar-refractivity contribution in [1.82, 2.24) is 4.98 Å². The highest BCUT2D eigenvalue weighted by Crippen LogP contribution is 2.11. The van der Waals surface area contributed by atoms with Crippen LogP contribution in [0.25, 0.3) is 0 Å². The van der Waals surface area contributed by atoms with E-state index in [2.05, 4.69) is 32.7 Å². The molecule has 0 aromatic carbocycles. The van der Waals surface area contributed by atoms with E-state index in [0.717, 1.165) is 18.4 Å². The third-order valence-electron chi connectivity index (χ3n) is 1.76. The lowest BCUT2D eigenvalue weighted by molar-refractivity contribution is 0.874. The average Bonchev–Trinajstić information content (AvgIpc) is 2.15. The summed E-state index contributed by atoms with van der Waals surface area (Å²) in [7, 11) is 0. The van der Waals surface area contributed by atoms with Crippen LogP contribution in [-0.2, 0) is 0 Å². The first-order valence-corrected chi connectivity index (χ1v) is 5.21. The van der Waals surface area contributed by atoms with Crippen LogP contribution in [0, 0.1) is 0 Å². The maximum atomic E-state index is 3.98. The third-order valence-corrected chi connectivity index (χ3v) is 2.12. The Kier molecular flexibility index (Phi) is 4.08. The second kappa shape index (κ2) is 5.14. The van der Waals surface area contributed by atoms with E-state index in [1.165, 1.54) is 5.69 Å². The highest BCUT2D eigenvalue weighted by Gasteiger charge is 2.00. The lowest BCUT2D eigenvalue weighted by Crippen LogP contribution is -2.24. The first-order chi connectivity index (χ1) is 5.88. The number of alkyl halides is 1. The number of rotatable bonds is 4. The van der Waals surface area contributed by atoms with Gasteiger partial charge in [-0.2, -0.15) is 0 Å². The van der Waals surface area contributed by atoms with E-state index in [9.17, 15) is 0 Å². The lowest BCUT2D eigenvalue weighted by atomic mass is 10.3. The van der Waals surface area contributed by atoms with Gasteiger partial charge in [-0.05, 0) is 19.1 Å². The predicted molar refractivity (Wildman–Crippen MR) is 55.9 cm³/mol. The number of hydrogen-bond donors (Lipinski definition) is 0. The van der Waals surface area contributed by atoms with Gasteiger partial charge in [-0.25, -0.2) is 0 Å². The monoisotopic (exact) mass is 228 g/mol. The van der Waals surface area contributed by atoms with Crippen molar-refractivity contribution in [2.45, 2.75) is 6.92 Å². The molecule has 1 heterocycles. The summed E-state index contributed by atoms with van der Waals surface area (Å²) < 4.78 is 0. The van der Waals surface area contributed by atoms with Crippen LogP contribution in [0.15, 0.2) is 24.5 Å². The van der Waals surface area contributed by atoms with Crippen LogP contribution >= 0.6 is 15.9 Å². The summed E-state index contributed by atoms with van der Waals surface area (Å²) in [4.78, 5) is 6.29. The first-order valence-electron chi connectivity index (χ1n) is 4.09. The highest BCUT2D eigenvalue weighted by molar-refractivity contribution is 9.09. The molecule has 0 fully saturated rings. The van der Waals surface area contributed by atoms with E-state index >= 15 is 0 Å². The molecule has 12 heavy (non-hydrogen) atoms. The van der Waals surface area contributed by atoms with Gasteiger partial charge in [0, 0.05) is 36.5 Å². The third kappa shape index (κ3) is 2.48. The molecule has 0 aliphatic heterocycles. The van der Waals surface area contributed by atoms with Crippen LogP contribution in [0.1, 0.15) is 6.92 Å². The Labute approximate surface area is 81.7 Å². The van der Waals surface area contributed by atoms with Gasteiger partial charge < -0.3 is 4.90 Å². The summed E-state index contributed by atoms with van der Waals surface area (Å²) in [5.41, 5.74) is 1.24. The Morgan fingerprint density at radius 2 is 2.08 bits per heavy atom.